The van der Waals surface area contributed by atoms with Gasteiger partial charge in [0, 0.05) is 30.1 Å². The molecule has 0 aliphatic heterocycles. The van der Waals surface area contributed by atoms with E-state index in [1.807, 2.05) is 30.3 Å². The van der Waals surface area contributed by atoms with Crippen molar-refractivity contribution >= 4 is 50.7 Å². The number of hydrogen-bond donors (Lipinski definition) is 1. The third kappa shape index (κ3) is 7.47. The number of carbonyl (C=O) groups excluding carboxylic acids is 2. The zero-order valence-corrected chi connectivity index (χ0v) is 23.1. The summed E-state index contributed by atoms with van der Waals surface area (Å²) in [6.07, 6.45) is 1.27. The Morgan fingerprint density at radius 1 is 0.946 bits per heavy atom. The van der Waals surface area contributed by atoms with Crippen LogP contribution < -0.4 is 9.62 Å². The van der Waals surface area contributed by atoms with Crippen molar-refractivity contribution in [3.05, 3.63) is 99.5 Å². The number of rotatable bonds is 10. The standard InChI is InChI=1S/C27H29Cl2N3O4S/c1-19-23(29)13-8-14-24(19)32(37(3,35)36)18-26(33)31(17-21-11-7-12-22(28)15-21)25(27(34)30-2)16-20-9-5-4-6-10-20/h4-15,25H,16-18H2,1-3H3,(H,30,34). The second-order valence-corrected chi connectivity index (χ2v) is 11.4. The van der Waals surface area contributed by atoms with Gasteiger partial charge in [0.25, 0.3) is 0 Å². The molecule has 0 aromatic heterocycles. The molecular weight excluding hydrogens is 533 g/mol. The highest BCUT2D eigenvalue weighted by Crippen LogP contribution is 2.28. The van der Waals surface area contributed by atoms with Crippen molar-refractivity contribution in [3.63, 3.8) is 0 Å². The van der Waals surface area contributed by atoms with Gasteiger partial charge < -0.3 is 10.2 Å². The van der Waals surface area contributed by atoms with Crippen LogP contribution in [0.15, 0.2) is 72.8 Å². The Morgan fingerprint density at radius 3 is 2.22 bits per heavy atom. The second kappa shape index (κ2) is 12.4. The number of anilines is 1. The number of nitrogens with zero attached hydrogens (tertiary/aromatic N) is 2. The molecule has 3 aromatic rings. The molecule has 0 fully saturated rings. The molecule has 3 aromatic carbocycles. The minimum Gasteiger partial charge on any atom is -0.357 e. The van der Waals surface area contributed by atoms with Crippen LogP contribution in [0.2, 0.25) is 10.0 Å². The molecule has 1 atom stereocenters. The van der Waals surface area contributed by atoms with E-state index in [9.17, 15) is 18.0 Å². The fourth-order valence-electron chi connectivity index (χ4n) is 4.01. The summed E-state index contributed by atoms with van der Waals surface area (Å²) < 4.78 is 26.7. The molecule has 10 heteroatoms. The summed E-state index contributed by atoms with van der Waals surface area (Å²) in [6.45, 7) is 1.23. The van der Waals surface area contributed by atoms with Crippen LogP contribution in [-0.4, -0.2) is 51.0 Å². The third-order valence-corrected chi connectivity index (χ3v) is 7.72. The molecule has 196 valence electrons. The van der Waals surface area contributed by atoms with Gasteiger partial charge in [0.05, 0.1) is 11.9 Å². The monoisotopic (exact) mass is 561 g/mol. The van der Waals surface area contributed by atoms with E-state index in [4.69, 9.17) is 23.2 Å². The largest absolute Gasteiger partial charge is 0.357 e. The lowest BCUT2D eigenvalue weighted by molar-refractivity contribution is -0.139. The molecule has 0 heterocycles. The van der Waals surface area contributed by atoms with Gasteiger partial charge >= 0.3 is 0 Å². The van der Waals surface area contributed by atoms with Crippen molar-refractivity contribution in [1.29, 1.82) is 0 Å². The smallest absolute Gasteiger partial charge is 0.244 e. The zero-order chi connectivity index (χ0) is 27.2. The fraction of sp³-hybridized carbons (Fsp3) is 0.259. The van der Waals surface area contributed by atoms with Gasteiger partial charge in [0.15, 0.2) is 0 Å². The van der Waals surface area contributed by atoms with Crippen LogP contribution in [0.5, 0.6) is 0 Å². The highest BCUT2D eigenvalue weighted by Gasteiger charge is 2.33. The van der Waals surface area contributed by atoms with Crippen molar-refractivity contribution in [1.82, 2.24) is 10.2 Å². The van der Waals surface area contributed by atoms with E-state index >= 15 is 0 Å². The minimum absolute atomic E-state index is 0.0520. The van der Waals surface area contributed by atoms with E-state index in [0.717, 1.165) is 16.1 Å². The Bertz CT molecular complexity index is 1370. The normalized spacial score (nSPS) is 12.0. The Labute approximate surface area is 228 Å². The minimum atomic E-state index is -3.87. The van der Waals surface area contributed by atoms with Crippen LogP contribution >= 0.6 is 23.2 Å². The molecule has 0 radical (unpaired) electrons. The molecule has 3 rings (SSSR count). The Kier molecular flexibility index (Phi) is 9.59. The lowest BCUT2D eigenvalue weighted by Crippen LogP contribution is -2.53. The van der Waals surface area contributed by atoms with Crippen molar-refractivity contribution in [3.8, 4) is 0 Å². The van der Waals surface area contributed by atoms with Gasteiger partial charge in [-0.2, -0.15) is 0 Å². The zero-order valence-electron chi connectivity index (χ0n) is 20.8. The SMILES string of the molecule is CNC(=O)C(Cc1ccccc1)N(Cc1cccc(Cl)c1)C(=O)CN(c1cccc(Cl)c1C)S(C)(=O)=O. The maximum Gasteiger partial charge on any atom is 0.244 e. The molecular formula is C27H29Cl2N3O4S. The van der Waals surface area contributed by atoms with Gasteiger partial charge in [-0.3, -0.25) is 13.9 Å². The number of benzene rings is 3. The van der Waals surface area contributed by atoms with Crippen LogP contribution in [0.3, 0.4) is 0 Å². The molecule has 0 spiro atoms. The summed E-state index contributed by atoms with van der Waals surface area (Å²) in [5, 5.41) is 3.50. The van der Waals surface area contributed by atoms with Crippen LogP contribution in [0.1, 0.15) is 16.7 Å². The summed E-state index contributed by atoms with van der Waals surface area (Å²) in [4.78, 5) is 28.4. The maximum absolute atomic E-state index is 13.9. The number of nitrogens with one attached hydrogen (secondary N) is 1. The quantitative estimate of drug-likeness (QED) is 0.396. The van der Waals surface area contributed by atoms with Gasteiger partial charge in [-0.05, 0) is 47.9 Å². The Balaban J connectivity index is 2.06. The lowest BCUT2D eigenvalue weighted by Gasteiger charge is -2.33. The average molecular weight is 563 g/mol. The summed E-state index contributed by atoms with van der Waals surface area (Å²) in [5.74, 6) is -0.918. The molecule has 0 aliphatic carbocycles. The number of amides is 2. The van der Waals surface area contributed by atoms with Crippen LogP contribution in [0.25, 0.3) is 0 Å². The first-order valence-corrected chi connectivity index (χ1v) is 14.1. The van der Waals surface area contributed by atoms with Crippen molar-refractivity contribution in [2.75, 3.05) is 24.2 Å². The first-order chi connectivity index (χ1) is 17.5. The van der Waals surface area contributed by atoms with E-state index in [1.54, 1.807) is 49.4 Å². The summed E-state index contributed by atoms with van der Waals surface area (Å²) >= 11 is 12.4. The summed E-state index contributed by atoms with van der Waals surface area (Å²) in [5.41, 5.74) is 2.37. The van der Waals surface area contributed by atoms with Gasteiger partial charge in [-0.15, -0.1) is 0 Å². The molecule has 37 heavy (non-hydrogen) atoms. The molecule has 1 N–H and O–H groups in total. The number of likely N-dealkylation sites (N-methyl/N-ethyl adjacent to an activating group) is 1. The molecule has 0 saturated carbocycles. The van der Waals surface area contributed by atoms with Crippen molar-refractivity contribution in [2.24, 2.45) is 0 Å². The molecule has 0 bridgehead atoms. The Morgan fingerprint density at radius 2 is 1.59 bits per heavy atom. The first-order valence-electron chi connectivity index (χ1n) is 11.5. The van der Waals surface area contributed by atoms with Gasteiger partial charge in [0.2, 0.25) is 21.8 Å². The predicted octanol–water partition coefficient (Wildman–Crippen LogP) is 4.45. The molecule has 7 nitrogen and oxygen atoms in total. The van der Waals surface area contributed by atoms with Crippen LogP contribution in [0.4, 0.5) is 5.69 Å². The molecule has 1 unspecified atom stereocenters. The first kappa shape index (κ1) is 28.5. The average Bonchev–Trinajstić information content (AvgIpc) is 2.86. The van der Waals surface area contributed by atoms with Gasteiger partial charge in [0.1, 0.15) is 12.6 Å². The van der Waals surface area contributed by atoms with E-state index < -0.39 is 28.5 Å². The summed E-state index contributed by atoms with van der Waals surface area (Å²) in [6, 6.07) is 20.3. The van der Waals surface area contributed by atoms with E-state index in [0.29, 0.717) is 26.9 Å². The lowest BCUT2D eigenvalue weighted by atomic mass is 10.0. The third-order valence-electron chi connectivity index (χ3n) is 5.95. The maximum atomic E-state index is 13.9. The van der Waals surface area contributed by atoms with Gasteiger partial charge in [-0.25, -0.2) is 8.42 Å². The van der Waals surface area contributed by atoms with Crippen molar-refractivity contribution < 1.29 is 18.0 Å². The summed E-state index contributed by atoms with van der Waals surface area (Å²) in [7, 11) is -2.37. The van der Waals surface area contributed by atoms with Gasteiger partial charge in [-0.1, -0.05) is 71.7 Å². The number of carbonyl (C=O) groups is 2. The van der Waals surface area contributed by atoms with E-state index in [2.05, 4.69) is 5.32 Å². The number of sulfonamides is 1. The van der Waals surface area contributed by atoms with E-state index in [1.165, 1.54) is 11.9 Å². The highest BCUT2D eigenvalue weighted by atomic mass is 35.5. The fourth-order valence-corrected chi connectivity index (χ4v) is 5.30. The van der Waals surface area contributed by atoms with E-state index in [-0.39, 0.29) is 18.9 Å². The number of hydrogen-bond acceptors (Lipinski definition) is 4. The number of halogens is 2. The topological polar surface area (TPSA) is 86.8 Å². The van der Waals surface area contributed by atoms with Crippen LogP contribution in [0, 0.1) is 6.92 Å². The second-order valence-electron chi connectivity index (χ2n) is 8.62. The predicted molar refractivity (Wildman–Crippen MR) is 148 cm³/mol. The Hall–Kier alpha value is -3.07. The van der Waals surface area contributed by atoms with Crippen molar-refractivity contribution in [2.45, 2.75) is 25.9 Å². The van der Waals surface area contributed by atoms with Crippen LogP contribution in [-0.2, 0) is 32.6 Å². The molecule has 0 aliphatic rings. The molecule has 2 amide bonds. The highest BCUT2D eigenvalue weighted by molar-refractivity contribution is 7.92. The molecule has 0 saturated heterocycles.